The summed E-state index contributed by atoms with van der Waals surface area (Å²) < 4.78 is 32.3. The Morgan fingerprint density at radius 2 is 1.45 bits per heavy atom. The molecule has 27 nitrogen and oxygen atoms in total. The molecule has 506 valence electrons. The minimum absolute atomic E-state index is 0. The van der Waals surface area contributed by atoms with Crippen LogP contribution in [0.4, 0.5) is 0 Å². The maximum atomic E-state index is 14.3. The van der Waals surface area contributed by atoms with E-state index in [9.17, 15) is 54.5 Å². The van der Waals surface area contributed by atoms with E-state index in [4.69, 9.17) is 61.9 Å². The Morgan fingerprint density at radius 1 is 0.859 bits per heavy atom. The number of carbonyl (C=O) groups is 3. The maximum Gasteiger partial charge on any atom is 3.00 e. The summed E-state index contributed by atoms with van der Waals surface area (Å²) in [7, 11) is -5.07. The summed E-state index contributed by atoms with van der Waals surface area (Å²) in [4.78, 5) is 72.2. The van der Waals surface area contributed by atoms with E-state index in [2.05, 4.69) is 15.6 Å². The molecule has 7 heterocycles. The quantitative estimate of drug-likeness (QED) is 0.0279. The number of primary amides is 2. The zero-order valence-electron chi connectivity index (χ0n) is 53.7. The number of carbonyl (C=O) groups excluding carboxylic acids is 3. The Bertz CT molecular complexity index is 3550. The Balaban J connectivity index is 0.00000672. The number of aromatic nitrogens is 2. The van der Waals surface area contributed by atoms with Crippen molar-refractivity contribution in [2.45, 2.75) is 189 Å². The molecule has 0 saturated carbocycles. The number of ether oxygens (including phenoxy) is 1. The number of aliphatic hydroxyl groups is 2. The van der Waals surface area contributed by atoms with Crippen LogP contribution in [0, 0.1) is 80.8 Å². The molecule has 2 saturated heterocycles. The first-order valence-corrected chi connectivity index (χ1v) is 32.0. The summed E-state index contributed by atoms with van der Waals surface area (Å²) in [5.41, 5.74) is 12.9. The predicted molar refractivity (Wildman–Crippen MR) is 334 cm³/mol. The van der Waals surface area contributed by atoms with Crippen molar-refractivity contribution in [3.8, 4) is 0 Å². The van der Waals surface area contributed by atoms with Gasteiger partial charge in [-0.3, -0.25) is 38.4 Å². The number of nitrogens with one attached hydrogen (secondary N) is 7. The summed E-state index contributed by atoms with van der Waals surface area (Å²) in [5.74, 6) is -8.64. The summed E-state index contributed by atoms with van der Waals surface area (Å²) in [5, 5.41) is 112. The number of aliphatic hydroxyl groups excluding tert-OH is 2. The summed E-state index contributed by atoms with van der Waals surface area (Å²) in [6.45, 7) is 18.9. The van der Waals surface area contributed by atoms with Crippen LogP contribution >= 0.6 is 20.2 Å². The summed E-state index contributed by atoms with van der Waals surface area (Å²) in [6.07, 6.45) is -5.13. The number of aliphatic imine (C=N–C) groups is 3. The van der Waals surface area contributed by atoms with Gasteiger partial charge in [-0.15, -0.1) is 12.4 Å². The van der Waals surface area contributed by atoms with Gasteiger partial charge in [-0.05, 0) is 163 Å². The van der Waals surface area contributed by atoms with Crippen LogP contribution in [-0.2, 0) is 49.5 Å². The molecule has 0 radical (unpaired) electrons. The molecule has 1 aromatic heterocycles. The number of benzene rings is 1. The van der Waals surface area contributed by atoms with Crippen molar-refractivity contribution < 1.29 is 89.6 Å². The minimum Gasteiger partial charge on any atom is -0.862 e. The minimum atomic E-state index is -5.07. The molecule has 2 aromatic rings. The molecule has 2 fully saturated rings. The second-order valence-corrected chi connectivity index (χ2v) is 28.3. The maximum absolute atomic E-state index is 14.3. The third-order valence-corrected chi connectivity index (χ3v) is 21.7. The average Bonchev–Trinajstić information content (AvgIpc) is 1.53. The number of imidazole rings is 1. The molecule has 1 aromatic carbocycles. The van der Waals surface area contributed by atoms with Gasteiger partial charge in [0.25, 0.3) is 0 Å². The van der Waals surface area contributed by atoms with Gasteiger partial charge < -0.3 is 84.0 Å². The molecule has 15 atom stereocenters. The predicted octanol–water partition coefficient (Wildman–Crippen LogP) is 2.41. The van der Waals surface area contributed by atoms with Crippen LogP contribution in [0.3, 0.4) is 0 Å². The Hall–Kier alpha value is -6.20. The van der Waals surface area contributed by atoms with Crippen LogP contribution in [0.1, 0.15) is 150 Å². The normalized spacial score (nSPS) is 31.3. The van der Waals surface area contributed by atoms with E-state index in [1.807, 2.05) is 59.8 Å². The van der Waals surface area contributed by atoms with E-state index in [0.717, 1.165) is 16.6 Å². The van der Waals surface area contributed by atoms with Crippen molar-refractivity contribution in [2.75, 3.05) is 13.2 Å². The van der Waals surface area contributed by atoms with Gasteiger partial charge in [0.2, 0.25) is 30.3 Å². The number of amides is 3. The number of fused-ring (bicyclic) bond motifs is 7. The fourth-order valence-corrected chi connectivity index (χ4v) is 16.6. The SMILES string of the molecule is CC1=C2N=C(C=C3NC(=C(C)C4=N[C@@](C)(C5N=C1[C@](C)(CCC(=O)NC[C@@H](C)OP(=O)(O)O[C@H]1[C@@H](O)[C@@H]([n+]6c[nH]c7cc(C)c(C)cc76)O[C@@H]1CO)[C@H]5CC(=N)[O-])[C@@](C)(CC(N)=O)[C@@H]4CCC(=N)[O-])[C@@](C)(CC(N)=O)[C@@H]3CCC(=N)[O-])C(C)(C)[C@@H]2CCC(=N)[O-].Cl.[Co+3]. The second kappa shape index (κ2) is 28.0. The molecular weight excluding hydrogens is 1280 g/mol. The number of nitrogens with two attached hydrogens (primary N) is 2. The van der Waals surface area contributed by atoms with E-state index < -0.39 is 150 Å². The van der Waals surface area contributed by atoms with Crippen molar-refractivity contribution >= 4 is 89.7 Å². The molecule has 30 heteroatoms. The van der Waals surface area contributed by atoms with Crippen molar-refractivity contribution in [3.63, 3.8) is 0 Å². The van der Waals surface area contributed by atoms with Gasteiger partial charge >= 0.3 is 24.6 Å². The van der Waals surface area contributed by atoms with Crippen LogP contribution in [0.2, 0.25) is 0 Å². The third kappa shape index (κ3) is 14.2. The number of H-pyrrole nitrogens is 1. The van der Waals surface area contributed by atoms with Crippen LogP contribution in [0.5, 0.6) is 0 Å². The molecule has 3 amide bonds. The first kappa shape index (κ1) is 74.8. The zero-order chi connectivity index (χ0) is 66.7. The number of hydrogen-bond donors (Lipinski definition) is 12. The number of rotatable bonds is 26. The first-order chi connectivity index (χ1) is 41.8. The first-order valence-electron chi connectivity index (χ1n) is 30.5. The molecule has 92 heavy (non-hydrogen) atoms. The van der Waals surface area contributed by atoms with Gasteiger partial charge in [0.05, 0.1) is 24.3 Å². The number of nitrogens with zero attached hydrogens (tertiary/aromatic N) is 4. The zero-order valence-corrected chi connectivity index (χ0v) is 56.5. The van der Waals surface area contributed by atoms with E-state index in [-0.39, 0.29) is 99.9 Å². The molecule has 6 aliphatic rings. The monoisotopic (exact) mass is 1360 g/mol. The molecule has 0 spiro atoms. The fourth-order valence-electron chi connectivity index (χ4n) is 15.5. The Morgan fingerprint density at radius 3 is 2.02 bits per heavy atom. The average molecular weight is 1360 g/mol. The van der Waals surface area contributed by atoms with E-state index >= 15 is 0 Å². The molecule has 2 unspecified atom stereocenters. The van der Waals surface area contributed by atoms with Gasteiger partial charge in [-0.2, -0.15) is 4.57 Å². The van der Waals surface area contributed by atoms with Crippen LogP contribution in [-0.4, -0.2) is 128 Å². The number of allylic oxidation sites excluding steroid dienone is 6. The standard InChI is InChI=1S/C62H90N13O14P.ClH.Co/c1-29-20-39-40(21-30(29)2)75(28-70-39)57-52(84)53(41(27-76)87-57)89-90(85,86)88-31(3)26-69-49(83)18-19-59(8)37(22-46(66)80)56-62(11)61(10,25-48(68)82)36(14-17-45(65)79)51(74-62)33(5)55-60(9,24-47(67)81)34(12-15-43(63)77)38(71-55)23-42-58(6,7)35(13-16-44(64)78)50(72-42)32(4)54(59)73-56;;/h20-21,23,28,31,34-37,41,52-53,56-57,76,84H,12-19,22,24-27H2,1-11H3,(H15,63,64,65,66,67,68,69,71,72,73,74,77,78,79,80,81,82,83,85,86);1H;/q;;+3/p-3/t31-,34-,35-,36-,37+,41-,52-,53-,56?,57+,59-,60+,61+,62+;;/m1../s1. The fraction of sp³-hybridized carbons (Fsp3) is 0.629. The number of phosphoric acid groups is 1. The van der Waals surface area contributed by atoms with E-state index in [1.54, 1.807) is 38.6 Å². The molecule has 6 aliphatic heterocycles. The largest absolute Gasteiger partial charge is 3.00 e. The van der Waals surface area contributed by atoms with Crippen molar-refractivity contribution in [2.24, 2.45) is 71.8 Å². The van der Waals surface area contributed by atoms with Gasteiger partial charge in [0.15, 0.2) is 11.0 Å². The third-order valence-electron chi connectivity index (χ3n) is 20.6. The molecule has 0 aliphatic carbocycles. The number of hydrogen-bond acceptors (Lipinski definition) is 21. The molecule has 14 N–H and O–H groups in total. The summed E-state index contributed by atoms with van der Waals surface area (Å²) in [6, 6.07) is 2.70. The topological polar surface area (TPSA) is 477 Å². The van der Waals surface area contributed by atoms with E-state index in [1.165, 1.54) is 6.92 Å². The smallest absolute Gasteiger partial charge is 0.862 e. The summed E-state index contributed by atoms with van der Waals surface area (Å²) >= 11 is 0. The van der Waals surface area contributed by atoms with Crippen LogP contribution in [0.25, 0.3) is 11.0 Å². The van der Waals surface area contributed by atoms with Crippen molar-refractivity contribution in [1.29, 1.82) is 21.6 Å². The number of aromatic amines is 1. The van der Waals surface area contributed by atoms with Gasteiger partial charge in [-0.1, -0.05) is 34.6 Å². The number of aryl methyl sites for hydroxylation is 2. The van der Waals surface area contributed by atoms with Crippen molar-refractivity contribution in [3.05, 3.63) is 63.9 Å². The van der Waals surface area contributed by atoms with Crippen LogP contribution < -0.4 is 47.1 Å². The Labute approximate surface area is 551 Å². The number of phosphoric ester groups is 1. The molecular formula is C62H88ClCoN13O14P. The number of halogens is 1. The molecule has 8 bridgehead atoms. The van der Waals surface area contributed by atoms with Gasteiger partial charge in [0.1, 0.15) is 18.3 Å². The molecule has 8 rings (SSSR count). The second-order valence-electron chi connectivity index (χ2n) is 27.0. The van der Waals surface area contributed by atoms with Crippen LogP contribution in [0.15, 0.2) is 67.8 Å². The van der Waals surface area contributed by atoms with Gasteiger partial charge in [-0.25, -0.2) is 9.55 Å². The Kier molecular flexibility index (Phi) is 22.8. The van der Waals surface area contributed by atoms with Crippen molar-refractivity contribution in [1.82, 2.24) is 15.6 Å². The van der Waals surface area contributed by atoms with E-state index in [0.29, 0.717) is 50.9 Å². The van der Waals surface area contributed by atoms with Gasteiger partial charge in [0, 0.05) is 99.4 Å².